The molecule has 3 heterocycles. The molecule has 0 saturated carbocycles. The summed E-state index contributed by atoms with van der Waals surface area (Å²) >= 11 is 0. The van der Waals surface area contributed by atoms with Crippen molar-refractivity contribution in [2.45, 2.75) is 36.9 Å². The Kier molecular flexibility index (Phi) is 8.11. The number of aliphatic hydroxyl groups is 1. The minimum Gasteiger partial charge on any atom is -0.497 e. The Morgan fingerprint density at radius 1 is 0.861 bits per heavy atom. The number of hydrogen-bond donors (Lipinski definition) is 3. The number of rotatable bonds is 5. The molecule has 9 heteroatoms. The summed E-state index contributed by atoms with van der Waals surface area (Å²) in [6.07, 6.45) is 2.93. The van der Waals surface area contributed by atoms with Crippen molar-refractivity contribution in [3.8, 4) is 11.5 Å². The number of ether oxygens (including phenoxy) is 3. The van der Waals surface area contributed by atoms with E-state index in [0.29, 0.717) is 13.1 Å². The molecule has 196 valence electrons. The van der Waals surface area contributed by atoms with Crippen LogP contribution in [0.25, 0.3) is 0 Å². The predicted molar refractivity (Wildman–Crippen MR) is 140 cm³/mol. The summed E-state index contributed by atoms with van der Waals surface area (Å²) in [7, 11) is 3.33. The Labute approximate surface area is 213 Å². The van der Waals surface area contributed by atoms with Gasteiger partial charge in [0.2, 0.25) is 0 Å². The fourth-order valence-corrected chi connectivity index (χ4v) is 4.92. The van der Waals surface area contributed by atoms with Crippen molar-refractivity contribution in [1.29, 1.82) is 0 Å². The molecule has 36 heavy (non-hydrogen) atoms. The number of nitrogens with one attached hydrogen (secondary N) is 1. The van der Waals surface area contributed by atoms with Crippen LogP contribution in [0.1, 0.15) is 25.7 Å². The van der Waals surface area contributed by atoms with E-state index < -0.39 is 5.60 Å². The number of carbonyl (C=O) groups excluding carboxylic acids is 1. The maximum Gasteiger partial charge on any atom is 0.407 e. The summed E-state index contributed by atoms with van der Waals surface area (Å²) < 4.78 is 15.7. The van der Waals surface area contributed by atoms with E-state index in [1.807, 2.05) is 36.4 Å². The van der Waals surface area contributed by atoms with Gasteiger partial charge in [0.25, 0.3) is 0 Å². The van der Waals surface area contributed by atoms with Crippen molar-refractivity contribution in [2.75, 3.05) is 63.3 Å². The third-order valence-corrected chi connectivity index (χ3v) is 7.49. The van der Waals surface area contributed by atoms with Crippen molar-refractivity contribution < 1.29 is 24.1 Å². The van der Waals surface area contributed by atoms with Crippen LogP contribution in [-0.4, -0.2) is 75.9 Å². The van der Waals surface area contributed by atoms with Gasteiger partial charge in [-0.15, -0.1) is 0 Å². The van der Waals surface area contributed by atoms with Crippen LogP contribution < -0.4 is 30.3 Å². The third kappa shape index (κ3) is 6.14. The number of alkyl carbamates (subject to hydrolysis) is 1. The molecule has 0 aliphatic carbocycles. The van der Waals surface area contributed by atoms with Gasteiger partial charge in [-0.1, -0.05) is 0 Å². The van der Waals surface area contributed by atoms with E-state index in [-0.39, 0.29) is 11.7 Å². The lowest BCUT2D eigenvalue weighted by molar-refractivity contribution is 0.0250. The standard InChI is InChI=1S/C14H18N2O3.C13H20N2O2/c1-18-12-4-2-11(3-5-12)16-8-6-14(7-9-16)10-15-13(17)19-14;1-17-12-4-2-11(3-5-12)15-8-6-13(16,10-14)7-9-15/h2-5H,6-10H2,1H3,(H,15,17);2-5,16H,6-10,14H2,1H3. The SMILES string of the molecule is COc1ccc(N2CCC(O)(CN)CC2)cc1.COc1ccc(N2CCC3(CC2)CNC(=O)O3)cc1. The number of methoxy groups -OCH3 is 2. The van der Waals surface area contributed by atoms with Crippen molar-refractivity contribution in [3.63, 3.8) is 0 Å². The van der Waals surface area contributed by atoms with Gasteiger partial charge in [-0.2, -0.15) is 0 Å². The first kappa shape index (κ1) is 25.9. The molecule has 3 fully saturated rings. The number of piperidine rings is 2. The first-order valence-corrected chi connectivity index (χ1v) is 12.5. The Bertz CT molecular complexity index is 982. The maximum atomic E-state index is 11.2. The minimum absolute atomic E-state index is 0.278. The van der Waals surface area contributed by atoms with E-state index in [4.69, 9.17) is 19.9 Å². The van der Waals surface area contributed by atoms with E-state index in [1.165, 1.54) is 11.4 Å². The van der Waals surface area contributed by atoms with Gasteiger partial charge in [0.1, 0.15) is 17.1 Å². The van der Waals surface area contributed by atoms with Crippen LogP contribution >= 0.6 is 0 Å². The van der Waals surface area contributed by atoms with Gasteiger partial charge in [0, 0.05) is 56.9 Å². The van der Waals surface area contributed by atoms with Crippen molar-refractivity contribution in [1.82, 2.24) is 5.32 Å². The first-order chi connectivity index (χ1) is 17.4. The van der Waals surface area contributed by atoms with Gasteiger partial charge < -0.3 is 40.2 Å². The van der Waals surface area contributed by atoms with Crippen LogP contribution in [0.3, 0.4) is 0 Å². The number of nitrogens with two attached hydrogens (primary N) is 1. The van der Waals surface area contributed by atoms with E-state index >= 15 is 0 Å². The molecule has 0 bridgehead atoms. The number of hydrogen-bond acceptors (Lipinski definition) is 8. The number of carbonyl (C=O) groups is 1. The molecule has 2 aromatic carbocycles. The van der Waals surface area contributed by atoms with Gasteiger partial charge in [0.15, 0.2) is 0 Å². The molecule has 3 aliphatic rings. The zero-order valence-electron chi connectivity index (χ0n) is 21.2. The fourth-order valence-electron chi connectivity index (χ4n) is 4.92. The second-order valence-electron chi connectivity index (χ2n) is 9.72. The molecule has 4 N–H and O–H groups in total. The Balaban J connectivity index is 0.000000170. The number of benzene rings is 2. The summed E-state index contributed by atoms with van der Waals surface area (Å²) in [5, 5.41) is 12.8. The lowest BCUT2D eigenvalue weighted by atomic mass is 9.91. The lowest BCUT2D eigenvalue weighted by Crippen LogP contribution is -2.48. The quantitative estimate of drug-likeness (QED) is 0.577. The largest absolute Gasteiger partial charge is 0.497 e. The second-order valence-corrected chi connectivity index (χ2v) is 9.72. The maximum absolute atomic E-state index is 11.2. The first-order valence-electron chi connectivity index (χ1n) is 12.5. The molecule has 1 amide bonds. The highest BCUT2D eigenvalue weighted by Crippen LogP contribution is 2.32. The number of anilines is 2. The molecule has 0 atom stereocenters. The topological polar surface area (TPSA) is 110 Å². The summed E-state index contributed by atoms with van der Waals surface area (Å²) in [5.41, 5.74) is 6.99. The monoisotopic (exact) mass is 498 g/mol. The molecule has 2 aromatic rings. The van der Waals surface area contributed by atoms with Crippen LogP contribution in [0.2, 0.25) is 0 Å². The molecule has 0 unspecified atom stereocenters. The van der Waals surface area contributed by atoms with Crippen LogP contribution in [-0.2, 0) is 4.74 Å². The van der Waals surface area contributed by atoms with Crippen molar-refractivity contribution in [2.24, 2.45) is 5.73 Å². The summed E-state index contributed by atoms with van der Waals surface area (Å²) in [5.74, 6) is 1.73. The molecule has 3 aliphatic heterocycles. The van der Waals surface area contributed by atoms with E-state index in [0.717, 1.165) is 63.4 Å². The van der Waals surface area contributed by atoms with Crippen LogP contribution in [0, 0.1) is 0 Å². The highest BCUT2D eigenvalue weighted by atomic mass is 16.6. The Morgan fingerprint density at radius 3 is 1.67 bits per heavy atom. The molecule has 1 spiro atoms. The molecule has 0 aromatic heterocycles. The zero-order chi connectivity index (χ0) is 25.6. The smallest absolute Gasteiger partial charge is 0.407 e. The normalized spacial score (nSPS) is 20.2. The van der Waals surface area contributed by atoms with E-state index in [9.17, 15) is 9.90 Å². The average Bonchev–Trinajstić information content (AvgIpc) is 3.29. The Morgan fingerprint density at radius 2 is 1.31 bits per heavy atom. The second kappa shape index (κ2) is 11.3. The Hall–Kier alpha value is -3.17. The summed E-state index contributed by atoms with van der Waals surface area (Å²) in [6, 6.07) is 16.1. The van der Waals surface area contributed by atoms with E-state index in [1.54, 1.807) is 14.2 Å². The van der Waals surface area contributed by atoms with Crippen LogP contribution in [0.4, 0.5) is 16.2 Å². The lowest BCUT2D eigenvalue weighted by Gasteiger charge is -2.38. The molecular weight excluding hydrogens is 460 g/mol. The molecule has 0 radical (unpaired) electrons. The van der Waals surface area contributed by atoms with Gasteiger partial charge in [-0.05, 0) is 61.4 Å². The third-order valence-electron chi connectivity index (χ3n) is 7.49. The minimum atomic E-state index is -0.664. The van der Waals surface area contributed by atoms with Gasteiger partial charge in [-0.25, -0.2) is 4.79 Å². The molecular formula is C27H38N4O5. The highest BCUT2D eigenvalue weighted by Gasteiger charge is 2.42. The summed E-state index contributed by atoms with van der Waals surface area (Å²) in [4.78, 5) is 15.8. The van der Waals surface area contributed by atoms with Crippen molar-refractivity contribution in [3.05, 3.63) is 48.5 Å². The fraction of sp³-hybridized carbons (Fsp3) is 0.519. The number of amides is 1. The van der Waals surface area contributed by atoms with Gasteiger partial charge in [-0.3, -0.25) is 0 Å². The number of nitrogens with zero attached hydrogens (tertiary/aromatic N) is 2. The van der Waals surface area contributed by atoms with Crippen LogP contribution in [0.15, 0.2) is 48.5 Å². The average molecular weight is 499 g/mol. The van der Waals surface area contributed by atoms with Gasteiger partial charge >= 0.3 is 6.09 Å². The summed E-state index contributed by atoms with van der Waals surface area (Å²) in [6.45, 7) is 4.49. The van der Waals surface area contributed by atoms with E-state index in [2.05, 4.69) is 27.2 Å². The molecule has 3 saturated heterocycles. The predicted octanol–water partition coefficient (Wildman–Crippen LogP) is 2.76. The molecule has 9 nitrogen and oxygen atoms in total. The van der Waals surface area contributed by atoms with Gasteiger partial charge in [0.05, 0.1) is 26.4 Å². The molecule has 5 rings (SSSR count). The van der Waals surface area contributed by atoms with Crippen molar-refractivity contribution >= 4 is 17.5 Å². The zero-order valence-corrected chi connectivity index (χ0v) is 21.2. The van der Waals surface area contributed by atoms with Crippen LogP contribution in [0.5, 0.6) is 11.5 Å². The highest BCUT2D eigenvalue weighted by molar-refractivity contribution is 5.70.